The lowest BCUT2D eigenvalue weighted by molar-refractivity contribution is 0.282. The summed E-state index contributed by atoms with van der Waals surface area (Å²) in [4.78, 5) is 0. The molecular weight excluding hydrogens is 320 g/mol. The maximum atomic E-state index is 9.19. The Morgan fingerprint density at radius 3 is 1.96 bits per heavy atom. The van der Waals surface area contributed by atoms with E-state index in [4.69, 9.17) is 4.74 Å². The fourth-order valence-electron chi connectivity index (χ4n) is 3.14. The van der Waals surface area contributed by atoms with E-state index in [9.17, 15) is 5.11 Å². The van der Waals surface area contributed by atoms with Crippen LogP contribution in [-0.4, -0.2) is 11.7 Å². The molecule has 1 atom stereocenters. The van der Waals surface area contributed by atoms with E-state index in [1.54, 1.807) is 0 Å². The maximum Gasteiger partial charge on any atom is 0.152 e. The van der Waals surface area contributed by atoms with Gasteiger partial charge in [-0.1, -0.05) is 75.4 Å². The molecule has 1 unspecified atom stereocenters. The van der Waals surface area contributed by atoms with Gasteiger partial charge in [0.2, 0.25) is 0 Å². The largest absolute Gasteiger partial charge is 0.494 e. The molecule has 0 fully saturated rings. The predicted molar refractivity (Wildman–Crippen MR) is 109 cm³/mol. The summed E-state index contributed by atoms with van der Waals surface area (Å²) in [7, 11) is 0. The summed E-state index contributed by atoms with van der Waals surface area (Å²) in [5.74, 6) is 0.925. The summed E-state index contributed by atoms with van der Waals surface area (Å²) in [6, 6.07) is 16.3. The molecule has 0 saturated heterocycles. The highest BCUT2D eigenvalue weighted by Gasteiger charge is 2.30. The molecule has 1 N–H and O–H groups in total. The SMILES string of the molecule is [CH2+]C(C)(c1ccc(CO)cc1)c1ccc(OCCCCCCCC)cc1. The van der Waals surface area contributed by atoms with E-state index in [1.807, 2.05) is 36.4 Å². The molecule has 0 amide bonds. The fraction of sp³-hybridized carbons (Fsp3) is 0.458. The van der Waals surface area contributed by atoms with Crippen LogP contribution in [0.5, 0.6) is 5.75 Å². The summed E-state index contributed by atoms with van der Waals surface area (Å²) in [6.45, 7) is 9.62. The molecule has 0 radical (unpaired) electrons. The van der Waals surface area contributed by atoms with Crippen molar-refractivity contribution < 1.29 is 9.84 Å². The van der Waals surface area contributed by atoms with Crippen molar-refractivity contribution in [1.82, 2.24) is 0 Å². The van der Waals surface area contributed by atoms with E-state index in [2.05, 4.69) is 32.9 Å². The molecule has 140 valence electrons. The molecule has 0 aliphatic carbocycles. The average molecular weight is 354 g/mol. The Bertz CT molecular complexity index is 626. The number of unbranched alkanes of at least 4 members (excludes halogenated alkanes) is 5. The van der Waals surface area contributed by atoms with Gasteiger partial charge >= 0.3 is 0 Å². The van der Waals surface area contributed by atoms with Crippen LogP contribution in [0, 0.1) is 6.92 Å². The van der Waals surface area contributed by atoms with Crippen molar-refractivity contribution in [3.63, 3.8) is 0 Å². The van der Waals surface area contributed by atoms with E-state index in [1.165, 1.54) is 32.1 Å². The van der Waals surface area contributed by atoms with Gasteiger partial charge in [-0.15, -0.1) is 0 Å². The molecule has 0 spiro atoms. The van der Waals surface area contributed by atoms with E-state index < -0.39 is 0 Å². The zero-order chi connectivity index (χ0) is 18.8. The summed E-state index contributed by atoms with van der Waals surface area (Å²) in [6.07, 6.45) is 7.65. The van der Waals surface area contributed by atoms with E-state index in [-0.39, 0.29) is 12.0 Å². The number of hydrogen-bond acceptors (Lipinski definition) is 2. The zero-order valence-electron chi connectivity index (χ0n) is 16.3. The third kappa shape index (κ3) is 5.81. The summed E-state index contributed by atoms with van der Waals surface area (Å²) in [5.41, 5.74) is 2.88. The minimum absolute atomic E-state index is 0.0682. The van der Waals surface area contributed by atoms with Gasteiger partial charge in [0.1, 0.15) is 5.75 Å². The van der Waals surface area contributed by atoms with Gasteiger partial charge in [-0.25, -0.2) is 0 Å². The second-order valence-corrected chi connectivity index (χ2v) is 7.33. The molecule has 0 bridgehead atoms. The quantitative estimate of drug-likeness (QED) is 0.393. The Labute approximate surface area is 159 Å². The van der Waals surface area contributed by atoms with Gasteiger partial charge in [-0.05, 0) is 31.0 Å². The van der Waals surface area contributed by atoms with Crippen molar-refractivity contribution in [2.24, 2.45) is 0 Å². The van der Waals surface area contributed by atoms with Crippen LogP contribution in [0.15, 0.2) is 48.5 Å². The van der Waals surface area contributed by atoms with Gasteiger partial charge in [0.05, 0.1) is 20.1 Å². The zero-order valence-corrected chi connectivity index (χ0v) is 16.3. The van der Waals surface area contributed by atoms with Crippen LogP contribution >= 0.6 is 0 Å². The Morgan fingerprint density at radius 2 is 1.38 bits per heavy atom. The van der Waals surface area contributed by atoms with Gasteiger partial charge in [-0.3, -0.25) is 0 Å². The van der Waals surface area contributed by atoms with Crippen LogP contribution in [0.4, 0.5) is 0 Å². The second kappa shape index (κ2) is 10.3. The molecule has 2 rings (SSSR count). The lowest BCUT2D eigenvalue weighted by Crippen LogP contribution is -2.19. The molecule has 2 aromatic rings. The highest BCUT2D eigenvalue weighted by atomic mass is 16.5. The second-order valence-electron chi connectivity index (χ2n) is 7.33. The Balaban J connectivity index is 1.87. The molecule has 26 heavy (non-hydrogen) atoms. The molecule has 0 saturated carbocycles. The third-order valence-electron chi connectivity index (χ3n) is 5.03. The predicted octanol–water partition coefficient (Wildman–Crippen LogP) is 6.06. The fourth-order valence-corrected chi connectivity index (χ4v) is 3.14. The van der Waals surface area contributed by atoms with Crippen LogP contribution in [0.25, 0.3) is 0 Å². The topological polar surface area (TPSA) is 29.5 Å². The van der Waals surface area contributed by atoms with Gasteiger partial charge in [0.15, 0.2) is 5.41 Å². The first-order valence-electron chi connectivity index (χ1n) is 9.87. The number of aliphatic hydroxyl groups excluding tert-OH is 1. The summed E-state index contributed by atoms with van der Waals surface area (Å²) >= 11 is 0. The van der Waals surface area contributed by atoms with E-state index >= 15 is 0 Å². The number of aliphatic hydroxyl groups is 1. The van der Waals surface area contributed by atoms with Crippen LogP contribution in [0.2, 0.25) is 0 Å². The Hall–Kier alpha value is -1.93. The lowest BCUT2D eigenvalue weighted by Gasteiger charge is -2.20. The first kappa shape index (κ1) is 20.4. The van der Waals surface area contributed by atoms with Crippen molar-refractivity contribution in [3.8, 4) is 5.75 Å². The van der Waals surface area contributed by atoms with Crippen molar-refractivity contribution >= 4 is 0 Å². The minimum atomic E-state index is -0.328. The van der Waals surface area contributed by atoms with Crippen molar-refractivity contribution in [3.05, 3.63) is 72.1 Å². The molecule has 0 aliphatic heterocycles. The summed E-state index contributed by atoms with van der Waals surface area (Å²) < 4.78 is 5.87. The normalized spacial score (nSPS) is 13.3. The summed E-state index contributed by atoms with van der Waals surface area (Å²) in [5, 5.41) is 9.19. The first-order chi connectivity index (χ1) is 12.6. The maximum absolute atomic E-state index is 9.19. The highest BCUT2D eigenvalue weighted by Crippen LogP contribution is 2.32. The average Bonchev–Trinajstić information content (AvgIpc) is 2.67. The van der Waals surface area contributed by atoms with Gasteiger partial charge in [-0.2, -0.15) is 0 Å². The molecule has 0 heterocycles. The molecular formula is C24H33O2+. The standard InChI is InChI=1S/C24H33O2/c1-4-5-6-7-8-9-18-26-23-16-14-22(15-17-23)24(2,3)21-12-10-20(19-25)11-13-21/h10-17,25H,2,4-9,18-19H2,1,3H3/q+1. The van der Waals surface area contributed by atoms with Gasteiger partial charge in [0, 0.05) is 11.1 Å². The van der Waals surface area contributed by atoms with Crippen LogP contribution in [0.1, 0.15) is 69.1 Å². The molecule has 2 nitrogen and oxygen atoms in total. The third-order valence-corrected chi connectivity index (χ3v) is 5.03. The lowest BCUT2D eigenvalue weighted by atomic mass is 9.78. The number of hydrogen-bond donors (Lipinski definition) is 1. The number of benzene rings is 2. The smallest absolute Gasteiger partial charge is 0.152 e. The molecule has 0 aromatic heterocycles. The Kier molecular flexibility index (Phi) is 8.06. The van der Waals surface area contributed by atoms with Crippen molar-refractivity contribution in [2.75, 3.05) is 6.61 Å². The van der Waals surface area contributed by atoms with E-state index in [0.717, 1.165) is 35.5 Å². The van der Waals surface area contributed by atoms with Gasteiger partial charge < -0.3 is 9.84 Å². The monoisotopic (exact) mass is 353 g/mol. The van der Waals surface area contributed by atoms with E-state index in [0.29, 0.717) is 0 Å². The van der Waals surface area contributed by atoms with Crippen molar-refractivity contribution in [2.45, 2.75) is 64.4 Å². The minimum Gasteiger partial charge on any atom is -0.494 e. The molecule has 2 heteroatoms. The highest BCUT2D eigenvalue weighted by molar-refractivity contribution is 5.42. The first-order valence-corrected chi connectivity index (χ1v) is 9.87. The number of ether oxygens (including phenoxy) is 1. The van der Waals surface area contributed by atoms with Crippen LogP contribution in [0.3, 0.4) is 0 Å². The van der Waals surface area contributed by atoms with Crippen LogP contribution < -0.4 is 4.74 Å². The molecule has 0 aliphatic rings. The van der Waals surface area contributed by atoms with Crippen LogP contribution in [-0.2, 0) is 12.0 Å². The molecule has 2 aromatic carbocycles. The Morgan fingerprint density at radius 1 is 0.846 bits per heavy atom. The van der Waals surface area contributed by atoms with Gasteiger partial charge in [0.25, 0.3) is 0 Å². The van der Waals surface area contributed by atoms with Crippen molar-refractivity contribution in [1.29, 1.82) is 0 Å². The number of rotatable bonds is 11.